The van der Waals surface area contributed by atoms with E-state index in [-0.39, 0.29) is 17.5 Å². The fourth-order valence-electron chi connectivity index (χ4n) is 1.94. The minimum atomic E-state index is -0.744. The Morgan fingerprint density at radius 2 is 2.14 bits per heavy atom. The molecule has 2 unspecified atom stereocenters. The first-order chi connectivity index (χ1) is 6.56. The molecule has 1 saturated carbocycles. The van der Waals surface area contributed by atoms with Crippen LogP contribution in [0.1, 0.15) is 26.2 Å². The van der Waals surface area contributed by atoms with E-state index in [0.717, 1.165) is 0 Å². The normalized spacial score (nSPS) is 23.3. The number of Topliss-reactive ketones (excluding diaryl/α,β-unsaturated/α-hetero) is 2. The lowest BCUT2D eigenvalue weighted by atomic mass is 9.88. The Morgan fingerprint density at radius 1 is 1.50 bits per heavy atom. The van der Waals surface area contributed by atoms with E-state index in [0.29, 0.717) is 19.3 Å². The van der Waals surface area contributed by atoms with Gasteiger partial charge in [-0.05, 0) is 19.3 Å². The maximum absolute atomic E-state index is 11.3. The number of rotatable bonds is 3. The predicted octanol–water partition coefficient (Wildman–Crippen LogP) is 0.734. The van der Waals surface area contributed by atoms with Crippen molar-refractivity contribution in [1.82, 2.24) is 0 Å². The Morgan fingerprint density at radius 3 is 2.50 bits per heavy atom. The standard InChI is InChI=1S/C10H14O4/c1-6(11)9(10(13)14-2)7-3-4-8(12)5-7/h7,9H,3-5H2,1-2H3. The Balaban J connectivity index is 2.73. The highest BCUT2D eigenvalue weighted by Crippen LogP contribution is 2.30. The second kappa shape index (κ2) is 4.35. The first-order valence-corrected chi connectivity index (χ1v) is 4.66. The largest absolute Gasteiger partial charge is 0.468 e. The number of carbonyl (C=O) groups is 3. The van der Waals surface area contributed by atoms with Crippen LogP contribution < -0.4 is 0 Å². The third-order valence-corrected chi connectivity index (χ3v) is 2.65. The molecule has 0 radical (unpaired) electrons. The van der Waals surface area contributed by atoms with Crippen LogP contribution in [0.25, 0.3) is 0 Å². The van der Waals surface area contributed by atoms with Crippen LogP contribution in [0.5, 0.6) is 0 Å². The summed E-state index contributed by atoms with van der Waals surface area (Å²) in [5.41, 5.74) is 0. The third-order valence-electron chi connectivity index (χ3n) is 2.65. The van der Waals surface area contributed by atoms with Crippen LogP contribution in [0.3, 0.4) is 0 Å². The molecule has 0 aromatic heterocycles. The molecule has 0 aliphatic heterocycles. The van der Waals surface area contributed by atoms with Crippen LogP contribution in [0.2, 0.25) is 0 Å². The summed E-state index contributed by atoms with van der Waals surface area (Å²) in [4.78, 5) is 33.5. The van der Waals surface area contributed by atoms with Crippen molar-refractivity contribution in [2.75, 3.05) is 7.11 Å². The number of esters is 1. The van der Waals surface area contributed by atoms with E-state index < -0.39 is 11.9 Å². The molecule has 0 N–H and O–H groups in total. The van der Waals surface area contributed by atoms with Gasteiger partial charge in [0.15, 0.2) is 0 Å². The van der Waals surface area contributed by atoms with E-state index in [1.54, 1.807) is 0 Å². The Hall–Kier alpha value is -1.19. The van der Waals surface area contributed by atoms with Gasteiger partial charge in [0, 0.05) is 12.8 Å². The zero-order chi connectivity index (χ0) is 10.7. The Bertz CT molecular complexity index is 269. The minimum Gasteiger partial charge on any atom is -0.468 e. The van der Waals surface area contributed by atoms with E-state index >= 15 is 0 Å². The van der Waals surface area contributed by atoms with Crippen LogP contribution in [-0.4, -0.2) is 24.6 Å². The quantitative estimate of drug-likeness (QED) is 0.495. The summed E-state index contributed by atoms with van der Waals surface area (Å²) in [6.07, 6.45) is 1.43. The number of ether oxygens (including phenoxy) is 1. The molecule has 0 heterocycles. The molecule has 0 spiro atoms. The molecule has 0 aromatic rings. The molecule has 1 aliphatic carbocycles. The highest BCUT2D eigenvalue weighted by atomic mass is 16.5. The summed E-state index contributed by atoms with van der Waals surface area (Å²) in [6, 6.07) is 0. The van der Waals surface area contributed by atoms with Crippen molar-refractivity contribution in [3.05, 3.63) is 0 Å². The first kappa shape index (κ1) is 10.9. The molecule has 0 aromatic carbocycles. The number of methoxy groups -OCH3 is 1. The first-order valence-electron chi connectivity index (χ1n) is 4.66. The smallest absolute Gasteiger partial charge is 0.316 e. The van der Waals surface area contributed by atoms with Crippen molar-refractivity contribution in [2.24, 2.45) is 11.8 Å². The summed E-state index contributed by atoms with van der Waals surface area (Å²) in [5.74, 6) is -1.49. The number of carbonyl (C=O) groups excluding carboxylic acids is 3. The predicted molar refractivity (Wildman–Crippen MR) is 48.5 cm³/mol. The summed E-state index contributed by atoms with van der Waals surface area (Å²) < 4.78 is 4.55. The molecule has 2 atom stereocenters. The van der Waals surface area contributed by atoms with Gasteiger partial charge in [0.05, 0.1) is 7.11 Å². The van der Waals surface area contributed by atoms with Crippen molar-refractivity contribution in [2.45, 2.75) is 26.2 Å². The molecule has 1 rings (SSSR count). The zero-order valence-corrected chi connectivity index (χ0v) is 8.41. The second-order valence-corrected chi connectivity index (χ2v) is 3.65. The Kier molecular flexibility index (Phi) is 3.38. The van der Waals surface area contributed by atoms with Gasteiger partial charge in [-0.15, -0.1) is 0 Å². The molecule has 4 nitrogen and oxygen atoms in total. The van der Waals surface area contributed by atoms with Crippen LogP contribution in [0.15, 0.2) is 0 Å². The van der Waals surface area contributed by atoms with Crippen LogP contribution in [-0.2, 0) is 19.1 Å². The molecule has 14 heavy (non-hydrogen) atoms. The van der Waals surface area contributed by atoms with Gasteiger partial charge in [0.25, 0.3) is 0 Å². The SMILES string of the molecule is COC(=O)C(C(C)=O)C1CCC(=O)C1. The monoisotopic (exact) mass is 198 g/mol. The van der Waals surface area contributed by atoms with E-state index in [1.807, 2.05) is 0 Å². The molecule has 1 fully saturated rings. The van der Waals surface area contributed by atoms with Gasteiger partial charge in [-0.3, -0.25) is 14.4 Å². The fraction of sp³-hybridized carbons (Fsp3) is 0.700. The van der Waals surface area contributed by atoms with Gasteiger partial charge in [0.2, 0.25) is 0 Å². The van der Waals surface area contributed by atoms with Crippen LogP contribution in [0, 0.1) is 11.8 Å². The Labute approximate surface area is 82.6 Å². The molecule has 1 aliphatic rings. The minimum absolute atomic E-state index is 0.130. The van der Waals surface area contributed by atoms with Crippen LogP contribution >= 0.6 is 0 Å². The number of hydrogen-bond donors (Lipinski definition) is 0. The fourth-order valence-corrected chi connectivity index (χ4v) is 1.94. The van der Waals surface area contributed by atoms with Crippen molar-refractivity contribution in [3.63, 3.8) is 0 Å². The van der Waals surface area contributed by atoms with Gasteiger partial charge in [0.1, 0.15) is 17.5 Å². The summed E-state index contributed by atoms with van der Waals surface area (Å²) in [7, 11) is 1.26. The zero-order valence-electron chi connectivity index (χ0n) is 8.41. The average molecular weight is 198 g/mol. The summed E-state index contributed by atoms with van der Waals surface area (Å²) in [6.45, 7) is 1.37. The van der Waals surface area contributed by atoms with Crippen molar-refractivity contribution in [3.8, 4) is 0 Å². The van der Waals surface area contributed by atoms with E-state index in [1.165, 1.54) is 14.0 Å². The summed E-state index contributed by atoms with van der Waals surface area (Å²) in [5, 5.41) is 0. The molecule has 4 heteroatoms. The van der Waals surface area contributed by atoms with Crippen molar-refractivity contribution in [1.29, 1.82) is 0 Å². The molecule has 0 saturated heterocycles. The van der Waals surface area contributed by atoms with Crippen molar-refractivity contribution >= 4 is 17.5 Å². The van der Waals surface area contributed by atoms with Gasteiger partial charge < -0.3 is 4.74 Å². The highest BCUT2D eigenvalue weighted by Gasteiger charge is 2.37. The van der Waals surface area contributed by atoms with Gasteiger partial charge in [-0.1, -0.05) is 0 Å². The molecule has 78 valence electrons. The molecular weight excluding hydrogens is 184 g/mol. The lowest BCUT2D eigenvalue weighted by Crippen LogP contribution is -2.29. The summed E-state index contributed by atoms with van der Waals surface area (Å²) >= 11 is 0. The van der Waals surface area contributed by atoms with Gasteiger partial charge in [-0.25, -0.2) is 0 Å². The maximum atomic E-state index is 11.3. The lowest BCUT2D eigenvalue weighted by molar-refractivity contribution is -0.151. The molecular formula is C10H14O4. The van der Waals surface area contributed by atoms with Gasteiger partial charge >= 0.3 is 5.97 Å². The number of ketones is 2. The molecule has 0 bridgehead atoms. The van der Waals surface area contributed by atoms with E-state index in [4.69, 9.17) is 0 Å². The third kappa shape index (κ3) is 2.19. The lowest BCUT2D eigenvalue weighted by Gasteiger charge is -2.16. The van der Waals surface area contributed by atoms with Gasteiger partial charge in [-0.2, -0.15) is 0 Å². The van der Waals surface area contributed by atoms with Crippen molar-refractivity contribution < 1.29 is 19.1 Å². The number of hydrogen-bond acceptors (Lipinski definition) is 4. The molecule has 0 amide bonds. The topological polar surface area (TPSA) is 60.4 Å². The van der Waals surface area contributed by atoms with E-state index in [2.05, 4.69) is 4.74 Å². The second-order valence-electron chi connectivity index (χ2n) is 3.65. The van der Waals surface area contributed by atoms with Crippen LogP contribution in [0.4, 0.5) is 0 Å². The van der Waals surface area contributed by atoms with E-state index in [9.17, 15) is 14.4 Å². The average Bonchev–Trinajstić information content (AvgIpc) is 2.51. The maximum Gasteiger partial charge on any atom is 0.316 e. The highest BCUT2D eigenvalue weighted by molar-refractivity contribution is 5.99.